The van der Waals surface area contributed by atoms with Gasteiger partial charge >= 0.3 is 0 Å². The molecule has 0 aliphatic carbocycles. The highest BCUT2D eigenvalue weighted by Crippen LogP contribution is 2.16. The Hall–Kier alpha value is -2.08. The van der Waals surface area contributed by atoms with Crippen LogP contribution in [0.1, 0.15) is 37.1 Å². The normalized spacial score (nSPS) is 17.6. The highest BCUT2D eigenvalue weighted by atomic mass is 16.2. The summed E-state index contributed by atoms with van der Waals surface area (Å²) < 4.78 is 4.38. The van der Waals surface area contributed by atoms with Crippen LogP contribution in [0.15, 0.2) is 30.6 Å². The molecule has 6 heteroatoms. The van der Waals surface area contributed by atoms with Crippen LogP contribution in [0.5, 0.6) is 0 Å². The molecule has 0 N–H and O–H groups in total. The number of carbonyl (C=O) groups excluding carboxylic acids is 1. The van der Waals surface area contributed by atoms with Crippen molar-refractivity contribution in [2.75, 3.05) is 26.2 Å². The molecule has 0 spiro atoms. The van der Waals surface area contributed by atoms with Crippen molar-refractivity contribution in [2.45, 2.75) is 51.7 Å². The van der Waals surface area contributed by atoms with Crippen molar-refractivity contribution < 1.29 is 4.79 Å². The highest BCUT2D eigenvalue weighted by Gasteiger charge is 2.20. The van der Waals surface area contributed by atoms with E-state index in [4.69, 9.17) is 5.10 Å². The van der Waals surface area contributed by atoms with Crippen LogP contribution in [0.25, 0.3) is 0 Å². The fourth-order valence-corrected chi connectivity index (χ4v) is 4.05. The Balaban J connectivity index is 1.24. The lowest BCUT2D eigenvalue weighted by atomic mass is 10.2. The maximum Gasteiger partial charge on any atom is 0.222 e. The maximum absolute atomic E-state index is 12.2. The van der Waals surface area contributed by atoms with Crippen molar-refractivity contribution in [1.82, 2.24) is 24.1 Å². The summed E-state index contributed by atoms with van der Waals surface area (Å²) in [6.45, 7) is 7.07. The van der Waals surface area contributed by atoms with Gasteiger partial charge in [0.2, 0.25) is 5.91 Å². The second-order valence-electron chi connectivity index (χ2n) is 7.49. The smallest absolute Gasteiger partial charge is 0.222 e. The Morgan fingerprint density at radius 2 is 1.85 bits per heavy atom. The van der Waals surface area contributed by atoms with E-state index in [-0.39, 0.29) is 0 Å². The first-order chi connectivity index (χ1) is 12.8. The summed E-state index contributed by atoms with van der Waals surface area (Å²) in [7, 11) is 0. The minimum atomic E-state index is 0.292. The lowest BCUT2D eigenvalue weighted by molar-refractivity contribution is -0.130. The van der Waals surface area contributed by atoms with Gasteiger partial charge in [0.15, 0.2) is 0 Å². The van der Waals surface area contributed by atoms with Crippen LogP contribution in [0.3, 0.4) is 0 Å². The van der Waals surface area contributed by atoms with Crippen LogP contribution < -0.4 is 0 Å². The fraction of sp³-hybridized carbons (Fsp3) is 0.600. The molecule has 4 rings (SSSR count). The molecular formula is C20H29N5O. The molecule has 4 heterocycles. The zero-order chi connectivity index (χ0) is 17.8. The summed E-state index contributed by atoms with van der Waals surface area (Å²) in [6.07, 6.45) is 9.09. The van der Waals surface area contributed by atoms with Gasteiger partial charge in [0, 0.05) is 64.5 Å². The number of fused-ring (bicyclic) bond motifs is 1. The van der Waals surface area contributed by atoms with Crippen LogP contribution in [-0.2, 0) is 30.8 Å². The van der Waals surface area contributed by atoms with Crippen LogP contribution >= 0.6 is 0 Å². The van der Waals surface area contributed by atoms with Crippen molar-refractivity contribution in [3.63, 3.8) is 0 Å². The summed E-state index contributed by atoms with van der Waals surface area (Å²) in [5, 5.41) is 4.72. The van der Waals surface area contributed by atoms with Crippen molar-refractivity contribution in [3.05, 3.63) is 42.0 Å². The van der Waals surface area contributed by atoms with Crippen molar-refractivity contribution >= 4 is 5.91 Å². The minimum absolute atomic E-state index is 0.292. The van der Waals surface area contributed by atoms with E-state index in [1.807, 2.05) is 4.90 Å². The molecule has 0 radical (unpaired) electrons. The summed E-state index contributed by atoms with van der Waals surface area (Å²) >= 11 is 0. The Bertz CT molecular complexity index is 715. The quantitative estimate of drug-likeness (QED) is 0.764. The number of nitrogens with zero attached hydrogens (tertiary/aromatic N) is 5. The molecule has 0 bridgehead atoms. The number of hydrogen-bond donors (Lipinski definition) is 0. The summed E-state index contributed by atoms with van der Waals surface area (Å²) in [6, 6.07) is 6.36. The van der Waals surface area contributed by atoms with Gasteiger partial charge in [-0.3, -0.25) is 14.4 Å². The molecule has 1 saturated heterocycles. The molecule has 26 heavy (non-hydrogen) atoms. The highest BCUT2D eigenvalue weighted by molar-refractivity contribution is 5.76. The van der Waals surface area contributed by atoms with E-state index in [9.17, 15) is 4.79 Å². The average Bonchev–Trinajstić information content (AvgIpc) is 3.39. The molecule has 0 aromatic carbocycles. The van der Waals surface area contributed by atoms with E-state index in [1.54, 1.807) is 0 Å². The Kier molecular flexibility index (Phi) is 5.39. The Morgan fingerprint density at radius 1 is 1.04 bits per heavy atom. The lowest BCUT2D eigenvalue weighted by Gasteiger charge is -2.27. The monoisotopic (exact) mass is 355 g/mol. The maximum atomic E-state index is 12.2. The lowest BCUT2D eigenvalue weighted by Crippen LogP contribution is -2.34. The van der Waals surface area contributed by atoms with E-state index < -0.39 is 0 Å². The van der Waals surface area contributed by atoms with Crippen molar-refractivity contribution in [3.8, 4) is 0 Å². The van der Waals surface area contributed by atoms with Gasteiger partial charge in [-0.2, -0.15) is 5.10 Å². The van der Waals surface area contributed by atoms with Gasteiger partial charge in [-0.15, -0.1) is 0 Å². The van der Waals surface area contributed by atoms with E-state index in [1.165, 1.54) is 12.1 Å². The van der Waals surface area contributed by atoms with Gasteiger partial charge in [0.25, 0.3) is 0 Å². The first-order valence-electron chi connectivity index (χ1n) is 9.94. The predicted octanol–water partition coefficient (Wildman–Crippen LogP) is 2.15. The molecular weight excluding hydrogens is 326 g/mol. The number of aryl methyl sites for hydroxylation is 2. The van der Waals surface area contributed by atoms with Gasteiger partial charge in [0.1, 0.15) is 0 Å². The van der Waals surface area contributed by atoms with Crippen molar-refractivity contribution in [1.29, 1.82) is 0 Å². The van der Waals surface area contributed by atoms with Crippen LogP contribution in [-0.4, -0.2) is 56.2 Å². The average molecular weight is 355 g/mol. The topological polar surface area (TPSA) is 46.3 Å². The fourth-order valence-electron chi connectivity index (χ4n) is 4.05. The van der Waals surface area contributed by atoms with Crippen LogP contribution in [0.4, 0.5) is 0 Å². The number of likely N-dealkylation sites (tertiary alicyclic amines) is 1. The molecule has 1 fully saturated rings. The standard InChI is InChI=1S/C20H29N5O/c26-20(24-12-3-4-13-24)7-6-18-16-19-17-23(14-15-25(19)21-18)11-5-10-22-8-1-2-9-22/h1-2,8-9,16H,3-7,10-15,17H2. The first kappa shape index (κ1) is 17.3. The van der Waals surface area contributed by atoms with Gasteiger partial charge in [-0.25, -0.2) is 0 Å². The van der Waals surface area contributed by atoms with Gasteiger partial charge in [-0.1, -0.05) is 0 Å². The molecule has 6 nitrogen and oxygen atoms in total. The number of carbonyl (C=O) groups is 1. The molecule has 2 aliphatic rings. The third kappa shape index (κ3) is 4.18. The largest absolute Gasteiger partial charge is 0.354 e. The second-order valence-corrected chi connectivity index (χ2v) is 7.49. The Morgan fingerprint density at radius 3 is 2.65 bits per heavy atom. The van der Waals surface area contributed by atoms with E-state index in [2.05, 4.69) is 44.7 Å². The molecule has 0 saturated carbocycles. The Labute approximate surface area is 155 Å². The summed E-state index contributed by atoms with van der Waals surface area (Å²) in [5.41, 5.74) is 2.36. The van der Waals surface area contributed by atoms with E-state index >= 15 is 0 Å². The number of hydrogen-bond acceptors (Lipinski definition) is 3. The second kappa shape index (κ2) is 8.08. The molecule has 1 amide bonds. The number of rotatable bonds is 7. The molecule has 2 aromatic rings. The third-order valence-corrected chi connectivity index (χ3v) is 5.54. The van der Waals surface area contributed by atoms with Crippen LogP contribution in [0.2, 0.25) is 0 Å². The van der Waals surface area contributed by atoms with E-state index in [0.29, 0.717) is 12.3 Å². The van der Waals surface area contributed by atoms with Gasteiger partial charge < -0.3 is 9.47 Å². The SMILES string of the molecule is O=C(CCc1cc2n(n1)CCN(CCCn1cccc1)C2)N1CCCC1. The van der Waals surface area contributed by atoms with Crippen molar-refractivity contribution in [2.24, 2.45) is 0 Å². The third-order valence-electron chi connectivity index (χ3n) is 5.54. The van der Waals surface area contributed by atoms with Gasteiger partial charge in [0.05, 0.1) is 17.9 Å². The molecule has 0 unspecified atom stereocenters. The zero-order valence-corrected chi connectivity index (χ0v) is 15.5. The first-order valence-corrected chi connectivity index (χ1v) is 9.94. The van der Waals surface area contributed by atoms with Crippen LogP contribution in [0, 0.1) is 0 Å². The molecule has 0 atom stereocenters. The molecule has 2 aliphatic heterocycles. The van der Waals surface area contributed by atoms with E-state index in [0.717, 1.165) is 70.8 Å². The zero-order valence-electron chi connectivity index (χ0n) is 15.5. The molecule has 140 valence electrons. The van der Waals surface area contributed by atoms with Gasteiger partial charge in [-0.05, 0) is 37.5 Å². The minimum Gasteiger partial charge on any atom is -0.354 e. The molecule has 2 aromatic heterocycles. The predicted molar refractivity (Wildman–Crippen MR) is 101 cm³/mol. The summed E-state index contributed by atoms with van der Waals surface area (Å²) in [4.78, 5) is 16.7. The number of amides is 1. The number of aromatic nitrogens is 3. The summed E-state index contributed by atoms with van der Waals surface area (Å²) in [5.74, 6) is 0.292.